The second-order valence-corrected chi connectivity index (χ2v) is 7.62. The normalized spacial score (nSPS) is 20.4. The van der Waals surface area contributed by atoms with Crippen molar-refractivity contribution in [2.24, 2.45) is 21.5 Å². The van der Waals surface area contributed by atoms with E-state index >= 15 is 0 Å². The lowest BCUT2D eigenvalue weighted by molar-refractivity contribution is 0.305. The van der Waals surface area contributed by atoms with Gasteiger partial charge in [0.05, 0.1) is 14.6 Å². The minimum Gasteiger partial charge on any atom is -0.369 e. The highest BCUT2D eigenvalue weighted by Crippen LogP contribution is 2.45. The van der Waals surface area contributed by atoms with Crippen molar-refractivity contribution >= 4 is 49.5 Å². The number of aliphatic imine (C=N–C) groups is 2. The maximum atomic E-state index is 14.4. The quantitative estimate of drug-likeness (QED) is 0.644. The lowest BCUT2D eigenvalue weighted by Gasteiger charge is -2.46. The van der Waals surface area contributed by atoms with Crippen LogP contribution in [-0.2, 0) is 0 Å². The number of rotatable bonds is 1. The predicted molar refractivity (Wildman–Crippen MR) is 98.1 cm³/mol. The topological polar surface area (TPSA) is 80.0 Å². The van der Waals surface area contributed by atoms with Crippen LogP contribution in [0.3, 0.4) is 0 Å². The number of benzene rings is 1. The molecule has 4 N–H and O–H groups in total. The van der Waals surface area contributed by atoms with Gasteiger partial charge in [0.2, 0.25) is 11.9 Å². The van der Waals surface area contributed by atoms with E-state index in [1.54, 1.807) is 6.07 Å². The Hall–Kier alpha value is -1.15. The molecule has 0 bridgehead atoms. The van der Waals surface area contributed by atoms with Crippen LogP contribution in [0, 0.1) is 12.7 Å². The van der Waals surface area contributed by atoms with Gasteiger partial charge in [-0.25, -0.2) is 9.38 Å². The smallest absolute Gasteiger partial charge is 0.220 e. The third kappa shape index (κ3) is 2.76. The van der Waals surface area contributed by atoms with Crippen molar-refractivity contribution in [3.63, 3.8) is 0 Å². The lowest BCUT2D eigenvalue weighted by atomic mass is 9.87. The van der Waals surface area contributed by atoms with E-state index in [0.717, 1.165) is 37.7 Å². The maximum absolute atomic E-state index is 14.4. The summed E-state index contributed by atoms with van der Waals surface area (Å²) in [5, 5.41) is 0. The standard InChI is InChI=1S/C15H18Br2FN5/c1-8-7-9(16)11(18)10(17)12(8)23-14(20)21-13(19)22-15(23)5-3-2-4-6-15/h7H,2-6H2,1H3,(H4,19,20,21,22). The summed E-state index contributed by atoms with van der Waals surface area (Å²) < 4.78 is 15.2. The molecule has 1 aliphatic heterocycles. The zero-order valence-electron chi connectivity index (χ0n) is 12.7. The molecule has 0 atom stereocenters. The number of nitrogens with zero attached hydrogens (tertiary/aromatic N) is 3. The first-order chi connectivity index (χ1) is 10.9. The minimum absolute atomic E-state index is 0.187. The van der Waals surface area contributed by atoms with Gasteiger partial charge in [0.15, 0.2) is 5.82 Å². The number of aryl methyl sites for hydroxylation is 1. The maximum Gasteiger partial charge on any atom is 0.220 e. The highest BCUT2D eigenvalue weighted by atomic mass is 79.9. The SMILES string of the molecule is Cc1cc(Br)c(F)c(Br)c1N1C(N)=NC(N)=NC12CCCCC2. The van der Waals surface area contributed by atoms with E-state index in [2.05, 4.69) is 41.8 Å². The molecule has 0 unspecified atom stereocenters. The van der Waals surface area contributed by atoms with Crippen LogP contribution < -0.4 is 16.4 Å². The third-order valence-electron chi connectivity index (χ3n) is 4.40. The summed E-state index contributed by atoms with van der Waals surface area (Å²) in [4.78, 5) is 10.6. The number of guanidine groups is 2. The monoisotopic (exact) mass is 445 g/mol. The van der Waals surface area contributed by atoms with Gasteiger partial charge in [0, 0.05) is 0 Å². The Bertz CT molecular complexity index is 710. The Balaban J connectivity index is 2.21. The van der Waals surface area contributed by atoms with E-state index in [0.29, 0.717) is 14.6 Å². The van der Waals surface area contributed by atoms with Crippen LogP contribution in [0.1, 0.15) is 37.7 Å². The molecule has 1 aromatic carbocycles. The van der Waals surface area contributed by atoms with Gasteiger partial charge in [-0.05, 0) is 76.1 Å². The van der Waals surface area contributed by atoms with E-state index in [4.69, 9.17) is 11.5 Å². The molecule has 0 aromatic heterocycles. The lowest BCUT2D eigenvalue weighted by Crippen LogP contribution is -2.58. The molecule has 124 valence electrons. The van der Waals surface area contributed by atoms with Gasteiger partial charge in [-0.1, -0.05) is 6.42 Å². The first kappa shape index (κ1) is 16.7. The summed E-state index contributed by atoms with van der Waals surface area (Å²) in [5.41, 5.74) is 13.0. The average Bonchev–Trinajstić information content (AvgIpc) is 2.48. The zero-order valence-corrected chi connectivity index (χ0v) is 15.9. The number of hydrogen-bond donors (Lipinski definition) is 2. The van der Waals surface area contributed by atoms with Crippen molar-refractivity contribution in [2.45, 2.75) is 44.7 Å². The van der Waals surface area contributed by atoms with E-state index in [1.807, 2.05) is 11.8 Å². The second-order valence-electron chi connectivity index (χ2n) is 5.97. The fourth-order valence-electron chi connectivity index (χ4n) is 3.42. The van der Waals surface area contributed by atoms with Gasteiger partial charge in [-0.2, -0.15) is 4.99 Å². The first-order valence-electron chi connectivity index (χ1n) is 7.49. The summed E-state index contributed by atoms with van der Waals surface area (Å²) in [6.45, 7) is 1.91. The molecule has 23 heavy (non-hydrogen) atoms. The largest absolute Gasteiger partial charge is 0.369 e. The van der Waals surface area contributed by atoms with Crippen molar-refractivity contribution in [1.82, 2.24) is 0 Å². The van der Waals surface area contributed by atoms with Crippen molar-refractivity contribution in [2.75, 3.05) is 4.90 Å². The molecular formula is C15H18Br2FN5. The second kappa shape index (κ2) is 6.05. The van der Waals surface area contributed by atoms with Gasteiger partial charge in [0.25, 0.3) is 0 Å². The molecular weight excluding hydrogens is 429 g/mol. The van der Waals surface area contributed by atoms with Crippen LogP contribution >= 0.6 is 31.9 Å². The molecule has 1 heterocycles. The van der Waals surface area contributed by atoms with Crippen molar-refractivity contribution < 1.29 is 4.39 Å². The molecule has 0 saturated heterocycles. The molecule has 1 aromatic rings. The van der Waals surface area contributed by atoms with Crippen LogP contribution in [-0.4, -0.2) is 17.6 Å². The highest BCUT2D eigenvalue weighted by molar-refractivity contribution is 9.11. The molecule has 1 saturated carbocycles. The van der Waals surface area contributed by atoms with E-state index in [1.165, 1.54) is 0 Å². The summed E-state index contributed by atoms with van der Waals surface area (Å²) in [6.07, 6.45) is 4.82. The molecule has 0 radical (unpaired) electrons. The highest BCUT2D eigenvalue weighted by Gasteiger charge is 2.44. The van der Waals surface area contributed by atoms with Gasteiger partial charge >= 0.3 is 0 Å². The van der Waals surface area contributed by atoms with Gasteiger partial charge in [-0.3, -0.25) is 4.90 Å². The Morgan fingerprint density at radius 1 is 1.22 bits per heavy atom. The Morgan fingerprint density at radius 2 is 1.87 bits per heavy atom. The molecule has 3 rings (SSSR count). The number of anilines is 1. The van der Waals surface area contributed by atoms with E-state index < -0.39 is 5.66 Å². The van der Waals surface area contributed by atoms with Crippen molar-refractivity contribution in [3.8, 4) is 0 Å². The number of hydrogen-bond acceptors (Lipinski definition) is 5. The number of nitrogens with two attached hydrogens (primary N) is 2. The fourth-order valence-corrected chi connectivity index (χ4v) is 4.93. The number of halogens is 3. The van der Waals surface area contributed by atoms with Gasteiger partial charge in [0.1, 0.15) is 5.66 Å². The molecule has 1 aliphatic carbocycles. The van der Waals surface area contributed by atoms with E-state index in [-0.39, 0.29) is 17.7 Å². The summed E-state index contributed by atoms with van der Waals surface area (Å²) in [5.74, 6) is 0.0730. The van der Waals surface area contributed by atoms with Crippen LogP contribution in [0.15, 0.2) is 25.0 Å². The average molecular weight is 447 g/mol. The summed E-state index contributed by atoms with van der Waals surface area (Å²) in [7, 11) is 0. The van der Waals surface area contributed by atoms with E-state index in [9.17, 15) is 4.39 Å². The van der Waals surface area contributed by atoms with Crippen LogP contribution in [0.2, 0.25) is 0 Å². The first-order valence-corrected chi connectivity index (χ1v) is 9.08. The van der Waals surface area contributed by atoms with Crippen LogP contribution in [0.25, 0.3) is 0 Å². The summed E-state index contributed by atoms with van der Waals surface area (Å²) in [6, 6.07) is 1.74. The van der Waals surface area contributed by atoms with Crippen LogP contribution in [0.5, 0.6) is 0 Å². The van der Waals surface area contributed by atoms with Crippen LogP contribution in [0.4, 0.5) is 10.1 Å². The van der Waals surface area contributed by atoms with Crippen molar-refractivity contribution in [1.29, 1.82) is 0 Å². The predicted octanol–water partition coefficient (Wildman–Crippen LogP) is 3.77. The molecule has 8 heteroatoms. The van der Waals surface area contributed by atoms with Gasteiger partial charge < -0.3 is 11.5 Å². The van der Waals surface area contributed by atoms with Gasteiger partial charge in [-0.15, -0.1) is 0 Å². The Morgan fingerprint density at radius 3 is 2.52 bits per heavy atom. The molecule has 0 amide bonds. The zero-order chi connectivity index (χ0) is 16.8. The molecule has 2 aliphatic rings. The molecule has 5 nitrogen and oxygen atoms in total. The molecule has 1 spiro atoms. The molecule has 1 fully saturated rings. The van der Waals surface area contributed by atoms with Crippen molar-refractivity contribution in [3.05, 3.63) is 26.4 Å². The fraction of sp³-hybridized carbons (Fsp3) is 0.467. The Labute approximate surface area is 151 Å². The summed E-state index contributed by atoms with van der Waals surface area (Å²) >= 11 is 6.61. The Kier molecular flexibility index (Phi) is 4.39. The minimum atomic E-state index is -0.582. The third-order valence-corrected chi connectivity index (χ3v) is 5.70.